The second-order valence-corrected chi connectivity index (χ2v) is 2.72. The highest BCUT2D eigenvalue weighted by atomic mass is 14.0. The number of hydrogen-bond donors (Lipinski definition) is 0. The van der Waals surface area contributed by atoms with E-state index in [9.17, 15) is 0 Å². The van der Waals surface area contributed by atoms with Crippen molar-refractivity contribution in [1.82, 2.24) is 0 Å². The minimum Gasteiger partial charge on any atom is -0.0702 e. The lowest BCUT2D eigenvalue weighted by Gasteiger charge is -1.99. The molecule has 58 valence electrons. The summed E-state index contributed by atoms with van der Waals surface area (Å²) in [5.41, 5.74) is 1.05. The Kier molecular flexibility index (Phi) is 6.68. The molecule has 0 spiro atoms. The zero-order valence-corrected chi connectivity index (χ0v) is 7.03. The molecule has 0 saturated heterocycles. The monoisotopic (exact) mass is 138 g/mol. The normalized spacial score (nSPS) is 9.80. The third-order valence-corrected chi connectivity index (χ3v) is 1.67. The minimum absolute atomic E-state index is 0.798. The molecule has 0 N–H and O–H groups in total. The fraction of sp³-hybridized carbons (Fsp3) is 0.700. The van der Waals surface area contributed by atoms with Gasteiger partial charge in [-0.1, -0.05) is 38.3 Å². The molecular formula is C10H18. The Bertz CT molecular complexity index is 82.0. The van der Waals surface area contributed by atoms with E-state index in [0.717, 1.165) is 18.4 Å². The van der Waals surface area contributed by atoms with Crippen molar-refractivity contribution in [3.05, 3.63) is 19.1 Å². The van der Waals surface area contributed by atoms with E-state index in [4.69, 9.17) is 6.58 Å². The van der Waals surface area contributed by atoms with E-state index in [1.165, 1.54) is 25.7 Å². The molecule has 0 aromatic carbocycles. The summed E-state index contributed by atoms with van der Waals surface area (Å²) in [6.45, 7) is 11.5. The van der Waals surface area contributed by atoms with Crippen LogP contribution in [-0.2, 0) is 0 Å². The highest BCUT2D eigenvalue weighted by molar-refractivity contribution is 4.91. The highest BCUT2D eigenvalue weighted by Gasteiger charge is 1.90. The van der Waals surface area contributed by atoms with Gasteiger partial charge in [-0.2, -0.15) is 0 Å². The first-order chi connectivity index (χ1) is 4.81. The van der Waals surface area contributed by atoms with Crippen molar-refractivity contribution in [2.75, 3.05) is 0 Å². The Morgan fingerprint density at radius 2 is 2.00 bits per heavy atom. The molecule has 0 nitrogen and oxygen atoms in total. The van der Waals surface area contributed by atoms with Gasteiger partial charge in [-0.3, -0.25) is 0 Å². The smallest absolute Gasteiger partial charge is 0.0317 e. The summed E-state index contributed by atoms with van der Waals surface area (Å²) >= 11 is 0. The average molecular weight is 138 g/mol. The highest BCUT2D eigenvalue weighted by Crippen LogP contribution is 2.09. The lowest BCUT2D eigenvalue weighted by Crippen LogP contribution is -1.80. The second-order valence-electron chi connectivity index (χ2n) is 2.72. The van der Waals surface area contributed by atoms with E-state index < -0.39 is 0 Å². The molecule has 2 radical (unpaired) electrons. The van der Waals surface area contributed by atoms with Crippen molar-refractivity contribution in [2.45, 2.75) is 45.4 Å². The van der Waals surface area contributed by atoms with Gasteiger partial charge in [0.25, 0.3) is 0 Å². The minimum atomic E-state index is 0.798. The van der Waals surface area contributed by atoms with Gasteiger partial charge in [0.2, 0.25) is 0 Å². The van der Waals surface area contributed by atoms with Crippen LogP contribution in [0, 0.1) is 13.5 Å². The Balaban J connectivity index is 2.96. The first-order valence-electron chi connectivity index (χ1n) is 4.20. The molecule has 0 fully saturated rings. The van der Waals surface area contributed by atoms with E-state index >= 15 is 0 Å². The third kappa shape index (κ3) is 5.87. The predicted octanol–water partition coefficient (Wildman–Crippen LogP) is 3.54. The number of hydrogen-bond acceptors (Lipinski definition) is 0. The SMILES string of the molecule is [CH]=C(C[CH2])CCCCCC. The van der Waals surface area contributed by atoms with Crippen LogP contribution < -0.4 is 0 Å². The van der Waals surface area contributed by atoms with E-state index in [1.54, 1.807) is 0 Å². The summed E-state index contributed by atoms with van der Waals surface area (Å²) in [5.74, 6) is 0. The summed E-state index contributed by atoms with van der Waals surface area (Å²) in [7, 11) is 0. The van der Waals surface area contributed by atoms with Crippen LogP contribution in [0.15, 0.2) is 5.57 Å². The van der Waals surface area contributed by atoms with Crippen molar-refractivity contribution in [3.8, 4) is 0 Å². The van der Waals surface area contributed by atoms with E-state index in [-0.39, 0.29) is 0 Å². The number of allylic oxidation sites excluding steroid dienone is 1. The van der Waals surface area contributed by atoms with E-state index in [1.807, 2.05) is 0 Å². The van der Waals surface area contributed by atoms with Gasteiger partial charge < -0.3 is 0 Å². The molecule has 0 bridgehead atoms. The molecular weight excluding hydrogens is 120 g/mol. The van der Waals surface area contributed by atoms with Crippen LogP contribution in [0.2, 0.25) is 0 Å². The molecule has 10 heavy (non-hydrogen) atoms. The summed E-state index contributed by atoms with van der Waals surface area (Å²) in [6.07, 6.45) is 7.07. The molecule has 0 unspecified atom stereocenters. The Morgan fingerprint density at radius 3 is 2.50 bits per heavy atom. The quantitative estimate of drug-likeness (QED) is 0.492. The number of rotatable bonds is 6. The van der Waals surface area contributed by atoms with Crippen molar-refractivity contribution in [1.29, 1.82) is 0 Å². The molecule has 0 amide bonds. The maximum atomic E-state index is 5.61. The molecule has 0 heteroatoms. The lowest BCUT2D eigenvalue weighted by atomic mass is 10.1. The number of unbranched alkanes of at least 4 members (excludes halogenated alkanes) is 3. The van der Waals surface area contributed by atoms with Crippen LogP contribution in [-0.4, -0.2) is 0 Å². The molecule has 0 saturated carbocycles. The Morgan fingerprint density at radius 1 is 1.30 bits per heavy atom. The second kappa shape index (κ2) is 6.85. The lowest BCUT2D eigenvalue weighted by molar-refractivity contribution is 0.660. The van der Waals surface area contributed by atoms with Gasteiger partial charge in [-0.25, -0.2) is 0 Å². The van der Waals surface area contributed by atoms with Gasteiger partial charge in [0.15, 0.2) is 0 Å². The van der Waals surface area contributed by atoms with Gasteiger partial charge in [0.05, 0.1) is 0 Å². The van der Waals surface area contributed by atoms with E-state index in [0.29, 0.717) is 0 Å². The summed E-state index contributed by atoms with van der Waals surface area (Å²) in [4.78, 5) is 0. The van der Waals surface area contributed by atoms with Crippen LogP contribution in [0.4, 0.5) is 0 Å². The van der Waals surface area contributed by atoms with E-state index in [2.05, 4.69) is 13.8 Å². The van der Waals surface area contributed by atoms with Crippen molar-refractivity contribution >= 4 is 0 Å². The van der Waals surface area contributed by atoms with Crippen LogP contribution in [0.25, 0.3) is 0 Å². The standard InChI is InChI=1S/C10H18/c1-4-6-7-8-9-10(3)5-2/h3H,2,4-9H2,1H3. The third-order valence-electron chi connectivity index (χ3n) is 1.67. The molecule has 0 aliphatic carbocycles. The van der Waals surface area contributed by atoms with Gasteiger partial charge in [0.1, 0.15) is 0 Å². The topological polar surface area (TPSA) is 0 Å². The van der Waals surface area contributed by atoms with Gasteiger partial charge >= 0.3 is 0 Å². The van der Waals surface area contributed by atoms with Gasteiger partial charge in [0, 0.05) is 0 Å². The van der Waals surface area contributed by atoms with Crippen LogP contribution in [0.3, 0.4) is 0 Å². The van der Waals surface area contributed by atoms with Crippen molar-refractivity contribution in [3.63, 3.8) is 0 Å². The Labute approximate surface area is 65.3 Å². The summed E-state index contributed by atoms with van der Waals surface area (Å²) in [5, 5.41) is 0. The molecule has 0 aliphatic heterocycles. The largest absolute Gasteiger partial charge is 0.0702 e. The maximum Gasteiger partial charge on any atom is -0.0317 e. The van der Waals surface area contributed by atoms with Gasteiger partial charge in [-0.15, -0.1) is 0 Å². The zero-order valence-electron chi connectivity index (χ0n) is 7.03. The molecule has 0 rings (SSSR count). The summed E-state index contributed by atoms with van der Waals surface area (Å²) < 4.78 is 0. The molecule has 0 aliphatic rings. The fourth-order valence-corrected chi connectivity index (χ4v) is 0.904. The first kappa shape index (κ1) is 9.74. The first-order valence-corrected chi connectivity index (χ1v) is 4.20. The van der Waals surface area contributed by atoms with Crippen molar-refractivity contribution in [2.24, 2.45) is 0 Å². The van der Waals surface area contributed by atoms with Crippen LogP contribution in [0.1, 0.15) is 45.4 Å². The molecule has 0 atom stereocenters. The average Bonchev–Trinajstić information content (AvgIpc) is 1.98. The molecule has 0 aromatic heterocycles. The van der Waals surface area contributed by atoms with Crippen LogP contribution in [0.5, 0.6) is 0 Å². The maximum absolute atomic E-state index is 5.61. The predicted molar refractivity (Wildman–Crippen MR) is 46.5 cm³/mol. The van der Waals surface area contributed by atoms with Crippen LogP contribution >= 0.6 is 0 Å². The van der Waals surface area contributed by atoms with Crippen molar-refractivity contribution < 1.29 is 0 Å². The fourth-order valence-electron chi connectivity index (χ4n) is 0.904. The molecule has 0 heterocycles. The Hall–Kier alpha value is -0.260. The summed E-state index contributed by atoms with van der Waals surface area (Å²) in [6, 6.07) is 0. The zero-order chi connectivity index (χ0) is 7.82. The molecule has 0 aromatic rings. The van der Waals surface area contributed by atoms with Gasteiger partial charge in [-0.05, 0) is 26.2 Å².